The molecule has 0 bridgehead atoms. The molecule has 0 saturated carbocycles. The highest BCUT2D eigenvalue weighted by Gasteiger charge is 1.96. The highest BCUT2D eigenvalue weighted by molar-refractivity contribution is 9.10. The summed E-state index contributed by atoms with van der Waals surface area (Å²) in [7, 11) is 0. The van der Waals surface area contributed by atoms with Gasteiger partial charge in [-0.2, -0.15) is 0 Å². The van der Waals surface area contributed by atoms with Crippen LogP contribution < -0.4 is 5.32 Å². The lowest BCUT2D eigenvalue weighted by Gasteiger charge is -2.03. The molecule has 0 radical (unpaired) electrons. The van der Waals surface area contributed by atoms with Gasteiger partial charge in [-0.1, -0.05) is 28.1 Å². The van der Waals surface area contributed by atoms with Crippen LogP contribution >= 0.6 is 15.9 Å². The Morgan fingerprint density at radius 3 is 2.93 bits per heavy atom. The number of benzene rings is 1. The van der Waals surface area contributed by atoms with E-state index in [0.29, 0.717) is 13.2 Å². The number of nitrogens with two attached hydrogens (primary N) is 1. The van der Waals surface area contributed by atoms with Gasteiger partial charge in [0.2, 0.25) is 0 Å². The van der Waals surface area contributed by atoms with Crippen LogP contribution in [0, 0.1) is 0 Å². The Morgan fingerprint density at radius 1 is 1.33 bits per heavy atom. The highest BCUT2D eigenvalue weighted by atomic mass is 79.9. The van der Waals surface area contributed by atoms with E-state index >= 15 is 0 Å². The first-order valence-electron chi connectivity index (χ1n) is 5.07. The van der Waals surface area contributed by atoms with E-state index in [0.717, 1.165) is 17.6 Å². The molecule has 0 aliphatic carbocycles. The van der Waals surface area contributed by atoms with Crippen molar-refractivity contribution in [2.45, 2.75) is 6.54 Å². The van der Waals surface area contributed by atoms with Gasteiger partial charge in [0.15, 0.2) is 0 Å². The van der Waals surface area contributed by atoms with E-state index in [2.05, 4.69) is 33.4 Å². The standard InChI is InChI=1S/C11H16BrNO2/c12-11-3-1-2-10(8-11)9-13-4-6-15-7-5-14/h1-3,8,13-14H,4-7,9H2/p+1. The Morgan fingerprint density at radius 2 is 2.20 bits per heavy atom. The molecule has 0 aliphatic rings. The number of aliphatic hydroxyl groups excluding tert-OH is 1. The lowest BCUT2D eigenvalue weighted by Crippen LogP contribution is -2.83. The summed E-state index contributed by atoms with van der Waals surface area (Å²) in [5.74, 6) is 0. The summed E-state index contributed by atoms with van der Waals surface area (Å²) in [5.41, 5.74) is 1.30. The third kappa shape index (κ3) is 5.89. The summed E-state index contributed by atoms with van der Waals surface area (Å²) >= 11 is 3.44. The summed E-state index contributed by atoms with van der Waals surface area (Å²) in [4.78, 5) is 0. The molecule has 0 spiro atoms. The molecule has 0 fully saturated rings. The minimum Gasteiger partial charge on any atom is -0.394 e. The minimum atomic E-state index is 0.103. The topological polar surface area (TPSA) is 46.1 Å². The maximum absolute atomic E-state index is 8.49. The lowest BCUT2D eigenvalue weighted by atomic mass is 10.2. The van der Waals surface area contributed by atoms with Crippen molar-refractivity contribution in [3.05, 3.63) is 34.3 Å². The number of aliphatic hydroxyl groups is 1. The Kier molecular flexibility index (Phi) is 6.59. The molecule has 1 aromatic carbocycles. The molecule has 1 rings (SSSR count). The predicted octanol–water partition coefficient (Wildman–Crippen LogP) is 0.521. The summed E-state index contributed by atoms with van der Waals surface area (Å²) in [6, 6.07) is 8.28. The molecule has 0 unspecified atom stereocenters. The summed E-state index contributed by atoms with van der Waals surface area (Å²) in [6.45, 7) is 3.11. The zero-order chi connectivity index (χ0) is 10.9. The second-order valence-corrected chi connectivity index (χ2v) is 4.16. The first-order valence-corrected chi connectivity index (χ1v) is 5.87. The molecule has 0 amide bonds. The van der Waals surface area contributed by atoms with Crippen LogP contribution in [0.15, 0.2) is 28.7 Å². The quantitative estimate of drug-likeness (QED) is 0.713. The Balaban J connectivity index is 2.10. The summed E-state index contributed by atoms with van der Waals surface area (Å²) in [5, 5.41) is 10.7. The fourth-order valence-corrected chi connectivity index (χ4v) is 1.71. The van der Waals surface area contributed by atoms with Crippen LogP contribution in [0.25, 0.3) is 0 Å². The maximum atomic E-state index is 8.49. The molecule has 0 saturated heterocycles. The third-order valence-electron chi connectivity index (χ3n) is 1.97. The summed E-state index contributed by atoms with van der Waals surface area (Å²) in [6.07, 6.45) is 0. The van der Waals surface area contributed by atoms with Gasteiger partial charge in [0.1, 0.15) is 6.54 Å². The van der Waals surface area contributed by atoms with Gasteiger partial charge in [-0.25, -0.2) is 0 Å². The van der Waals surface area contributed by atoms with E-state index in [9.17, 15) is 0 Å². The first kappa shape index (κ1) is 12.6. The largest absolute Gasteiger partial charge is 0.394 e. The van der Waals surface area contributed by atoms with Crippen molar-refractivity contribution < 1.29 is 15.2 Å². The van der Waals surface area contributed by atoms with Crippen LogP contribution in [0.5, 0.6) is 0 Å². The SMILES string of the molecule is OCCOCC[NH2+]Cc1cccc(Br)c1. The second-order valence-electron chi connectivity index (χ2n) is 3.25. The lowest BCUT2D eigenvalue weighted by molar-refractivity contribution is -0.672. The zero-order valence-corrected chi connectivity index (χ0v) is 10.2. The smallest absolute Gasteiger partial charge is 0.101 e. The molecule has 0 heterocycles. The number of halogens is 1. The van der Waals surface area contributed by atoms with Gasteiger partial charge in [0, 0.05) is 10.0 Å². The number of quaternary nitrogens is 1. The van der Waals surface area contributed by atoms with Crippen molar-refractivity contribution in [2.75, 3.05) is 26.4 Å². The molecular formula is C11H17BrNO2+. The maximum Gasteiger partial charge on any atom is 0.101 e. The molecule has 1 aromatic rings. The van der Waals surface area contributed by atoms with Crippen LogP contribution in [-0.2, 0) is 11.3 Å². The third-order valence-corrected chi connectivity index (χ3v) is 2.46. The van der Waals surface area contributed by atoms with E-state index in [1.807, 2.05) is 12.1 Å². The van der Waals surface area contributed by atoms with Crippen molar-refractivity contribution in [1.29, 1.82) is 0 Å². The van der Waals surface area contributed by atoms with Crippen molar-refractivity contribution >= 4 is 15.9 Å². The number of ether oxygens (including phenoxy) is 1. The molecule has 3 nitrogen and oxygen atoms in total. The highest BCUT2D eigenvalue weighted by Crippen LogP contribution is 2.10. The molecule has 0 atom stereocenters. The minimum absolute atomic E-state index is 0.103. The molecule has 4 heteroatoms. The van der Waals surface area contributed by atoms with Crippen LogP contribution in [0.1, 0.15) is 5.56 Å². The average molecular weight is 275 g/mol. The van der Waals surface area contributed by atoms with E-state index in [4.69, 9.17) is 9.84 Å². The number of rotatable bonds is 7. The van der Waals surface area contributed by atoms with Gasteiger partial charge in [-0.15, -0.1) is 0 Å². The molecule has 84 valence electrons. The zero-order valence-electron chi connectivity index (χ0n) is 8.66. The van der Waals surface area contributed by atoms with E-state index in [-0.39, 0.29) is 6.61 Å². The molecule has 0 aromatic heterocycles. The van der Waals surface area contributed by atoms with Crippen molar-refractivity contribution in [1.82, 2.24) is 0 Å². The fourth-order valence-electron chi connectivity index (χ4n) is 1.27. The monoisotopic (exact) mass is 274 g/mol. The molecular weight excluding hydrogens is 258 g/mol. The van der Waals surface area contributed by atoms with Gasteiger partial charge in [0.05, 0.1) is 26.4 Å². The average Bonchev–Trinajstić information content (AvgIpc) is 2.23. The Labute approximate surface area is 98.6 Å². The van der Waals surface area contributed by atoms with Crippen molar-refractivity contribution in [3.8, 4) is 0 Å². The van der Waals surface area contributed by atoms with Crippen LogP contribution in [0.2, 0.25) is 0 Å². The van der Waals surface area contributed by atoms with Gasteiger partial charge in [-0.3, -0.25) is 0 Å². The number of hydrogen-bond donors (Lipinski definition) is 2. The Bertz CT molecular complexity index is 281. The van der Waals surface area contributed by atoms with Gasteiger partial charge >= 0.3 is 0 Å². The number of hydrogen-bond acceptors (Lipinski definition) is 2. The fraction of sp³-hybridized carbons (Fsp3) is 0.455. The van der Waals surface area contributed by atoms with Crippen LogP contribution in [0.3, 0.4) is 0 Å². The van der Waals surface area contributed by atoms with Crippen molar-refractivity contribution in [3.63, 3.8) is 0 Å². The van der Waals surface area contributed by atoms with E-state index < -0.39 is 0 Å². The normalized spacial score (nSPS) is 10.5. The predicted molar refractivity (Wildman–Crippen MR) is 62.5 cm³/mol. The van der Waals surface area contributed by atoms with Gasteiger partial charge in [0.25, 0.3) is 0 Å². The van der Waals surface area contributed by atoms with Crippen LogP contribution in [0.4, 0.5) is 0 Å². The molecule has 0 aliphatic heterocycles. The Hall–Kier alpha value is -0.420. The van der Waals surface area contributed by atoms with Gasteiger partial charge in [-0.05, 0) is 12.1 Å². The van der Waals surface area contributed by atoms with E-state index in [1.165, 1.54) is 5.56 Å². The van der Waals surface area contributed by atoms with Gasteiger partial charge < -0.3 is 15.2 Å². The van der Waals surface area contributed by atoms with Crippen LogP contribution in [-0.4, -0.2) is 31.5 Å². The summed E-state index contributed by atoms with van der Waals surface area (Å²) < 4.78 is 6.27. The molecule has 15 heavy (non-hydrogen) atoms. The first-order chi connectivity index (χ1) is 7.33. The van der Waals surface area contributed by atoms with Crippen molar-refractivity contribution in [2.24, 2.45) is 0 Å². The molecule has 3 N–H and O–H groups in total. The van der Waals surface area contributed by atoms with E-state index in [1.54, 1.807) is 0 Å². The second kappa shape index (κ2) is 7.82.